The third-order valence-electron chi connectivity index (χ3n) is 4.43. The summed E-state index contributed by atoms with van der Waals surface area (Å²) in [7, 11) is 0. The lowest BCUT2D eigenvalue weighted by Crippen LogP contribution is -2.22. The molecule has 0 aromatic carbocycles. The molecule has 114 valence electrons. The molecule has 1 atom stereocenters. The van der Waals surface area contributed by atoms with Gasteiger partial charge in [0.05, 0.1) is 11.7 Å². The summed E-state index contributed by atoms with van der Waals surface area (Å²) in [6, 6.07) is 2.89. The van der Waals surface area contributed by atoms with E-state index in [0.29, 0.717) is 6.04 Å². The summed E-state index contributed by atoms with van der Waals surface area (Å²) >= 11 is 0. The molecule has 0 amide bonds. The minimum Gasteiger partial charge on any atom is -0.316 e. The van der Waals surface area contributed by atoms with Gasteiger partial charge in [0.15, 0.2) is 0 Å². The lowest BCUT2D eigenvalue weighted by atomic mass is 9.96. The third kappa shape index (κ3) is 4.93. The Morgan fingerprint density at radius 1 is 1.35 bits per heavy atom. The predicted molar refractivity (Wildman–Crippen MR) is 85.0 cm³/mol. The highest BCUT2D eigenvalue weighted by atomic mass is 15.3. The molecule has 0 aliphatic heterocycles. The molecule has 20 heavy (non-hydrogen) atoms. The molecule has 0 spiro atoms. The van der Waals surface area contributed by atoms with Gasteiger partial charge in [0.25, 0.3) is 0 Å². The van der Waals surface area contributed by atoms with Gasteiger partial charge in [-0.2, -0.15) is 5.10 Å². The van der Waals surface area contributed by atoms with Gasteiger partial charge in [0.1, 0.15) is 0 Å². The Morgan fingerprint density at radius 3 is 2.90 bits per heavy atom. The van der Waals surface area contributed by atoms with Crippen molar-refractivity contribution < 1.29 is 0 Å². The van der Waals surface area contributed by atoms with Crippen molar-refractivity contribution in [1.29, 1.82) is 0 Å². The second kappa shape index (κ2) is 8.46. The van der Waals surface area contributed by atoms with E-state index in [-0.39, 0.29) is 0 Å². The molecule has 0 radical (unpaired) electrons. The maximum atomic E-state index is 4.80. The van der Waals surface area contributed by atoms with Crippen LogP contribution in [0.1, 0.15) is 70.5 Å². The van der Waals surface area contributed by atoms with Gasteiger partial charge in [-0.3, -0.25) is 4.68 Å². The molecule has 1 N–H and O–H groups in total. The Bertz CT molecular complexity index is 366. The molecular weight excluding hydrogens is 246 g/mol. The van der Waals surface area contributed by atoms with Crippen molar-refractivity contribution in [3.63, 3.8) is 0 Å². The number of nitrogens with zero attached hydrogens (tertiary/aromatic N) is 2. The van der Waals surface area contributed by atoms with Gasteiger partial charge in [-0.05, 0) is 57.2 Å². The molecule has 1 aromatic rings. The summed E-state index contributed by atoms with van der Waals surface area (Å²) in [4.78, 5) is 0. The summed E-state index contributed by atoms with van der Waals surface area (Å²) in [5.74, 6) is 0.737. The molecule has 3 heteroatoms. The number of hydrogen-bond acceptors (Lipinski definition) is 2. The topological polar surface area (TPSA) is 29.9 Å². The standard InChI is InChI=1S/C17H31N3/c1-3-12-18-14-15(2)9-10-16-11-13-20(19-16)17-7-5-4-6-8-17/h11,13,15,17-18H,3-10,12,14H2,1-2H3. The van der Waals surface area contributed by atoms with Crippen LogP contribution in [0.2, 0.25) is 0 Å². The molecule has 1 heterocycles. The van der Waals surface area contributed by atoms with Crippen LogP contribution in [-0.4, -0.2) is 22.9 Å². The highest BCUT2D eigenvalue weighted by Gasteiger charge is 2.16. The van der Waals surface area contributed by atoms with Crippen LogP contribution in [-0.2, 0) is 6.42 Å². The minimum atomic E-state index is 0.668. The van der Waals surface area contributed by atoms with Crippen molar-refractivity contribution in [1.82, 2.24) is 15.1 Å². The van der Waals surface area contributed by atoms with E-state index in [4.69, 9.17) is 5.10 Å². The summed E-state index contributed by atoms with van der Waals surface area (Å²) in [5.41, 5.74) is 1.28. The number of aromatic nitrogens is 2. The van der Waals surface area contributed by atoms with Crippen LogP contribution in [0.25, 0.3) is 0 Å². The van der Waals surface area contributed by atoms with Crippen LogP contribution in [0.5, 0.6) is 0 Å². The molecule has 0 saturated heterocycles. The Labute approximate surface area is 124 Å². The molecule has 1 aliphatic carbocycles. The fourth-order valence-electron chi connectivity index (χ4n) is 3.08. The lowest BCUT2D eigenvalue weighted by Gasteiger charge is -2.21. The van der Waals surface area contributed by atoms with Crippen molar-refractivity contribution in [2.24, 2.45) is 5.92 Å². The fraction of sp³-hybridized carbons (Fsp3) is 0.824. The molecule has 1 aromatic heterocycles. The van der Waals surface area contributed by atoms with Gasteiger partial charge in [-0.1, -0.05) is 33.1 Å². The maximum Gasteiger partial charge on any atom is 0.0624 e. The first kappa shape index (κ1) is 15.6. The van der Waals surface area contributed by atoms with Gasteiger partial charge < -0.3 is 5.32 Å². The Balaban J connectivity index is 1.72. The number of rotatable bonds is 8. The van der Waals surface area contributed by atoms with Crippen LogP contribution in [0.15, 0.2) is 12.3 Å². The minimum absolute atomic E-state index is 0.668. The summed E-state index contributed by atoms with van der Waals surface area (Å²) in [5, 5.41) is 8.30. The Morgan fingerprint density at radius 2 is 2.15 bits per heavy atom. The van der Waals surface area contributed by atoms with E-state index in [1.165, 1.54) is 50.6 Å². The fourth-order valence-corrected chi connectivity index (χ4v) is 3.08. The van der Waals surface area contributed by atoms with E-state index in [1.54, 1.807) is 0 Å². The third-order valence-corrected chi connectivity index (χ3v) is 4.43. The zero-order chi connectivity index (χ0) is 14.2. The van der Waals surface area contributed by atoms with Crippen LogP contribution >= 0.6 is 0 Å². The van der Waals surface area contributed by atoms with Gasteiger partial charge in [0, 0.05) is 6.20 Å². The maximum absolute atomic E-state index is 4.80. The normalized spacial score (nSPS) is 18.3. The van der Waals surface area contributed by atoms with E-state index in [2.05, 4.69) is 36.1 Å². The molecule has 2 rings (SSSR count). The number of hydrogen-bond donors (Lipinski definition) is 1. The first-order valence-electron chi connectivity index (χ1n) is 8.54. The monoisotopic (exact) mass is 277 g/mol. The summed E-state index contributed by atoms with van der Waals surface area (Å²) in [6.07, 6.45) is 12.6. The quantitative estimate of drug-likeness (QED) is 0.729. The molecule has 3 nitrogen and oxygen atoms in total. The molecule has 0 bridgehead atoms. The second-order valence-electron chi connectivity index (χ2n) is 6.43. The average molecular weight is 277 g/mol. The number of nitrogens with one attached hydrogen (secondary N) is 1. The lowest BCUT2D eigenvalue weighted by molar-refractivity contribution is 0.327. The number of aryl methyl sites for hydroxylation is 1. The van der Waals surface area contributed by atoms with Crippen LogP contribution in [0, 0.1) is 5.92 Å². The highest BCUT2D eigenvalue weighted by molar-refractivity contribution is 5.00. The zero-order valence-corrected chi connectivity index (χ0v) is 13.3. The second-order valence-corrected chi connectivity index (χ2v) is 6.43. The van der Waals surface area contributed by atoms with Gasteiger partial charge in [-0.15, -0.1) is 0 Å². The highest BCUT2D eigenvalue weighted by Crippen LogP contribution is 2.27. The molecule has 1 fully saturated rings. The smallest absolute Gasteiger partial charge is 0.0624 e. The Kier molecular flexibility index (Phi) is 6.58. The summed E-state index contributed by atoms with van der Waals surface area (Å²) < 4.78 is 2.23. The summed E-state index contributed by atoms with van der Waals surface area (Å²) in [6.45, 7) is 6.83. The van der Waals surface area contributed by atoms with Gasteiger partial charge in [0.2, 0.25) is 0 Å². The molecular formula is C17H31N3. The van der Waals surface area contributed by atoms with Crippen molar-refractivity contribution in [3.8, 4) is 0 Å². The largest absolute Gasteiger partial charge is 0.316 e. The first-order chi connectivity index (χ1) is 9.79. The van der Waals surface area contributed by atoms with E-state index in [0.717, 1.165) is 25.4 Å². The molecule has 1 saturated carbocycles. The van der Waals surface area contributed by atoms with Crippen molar-refractivity contribution in [3.05, 3.63) is 18.0 Å². The van der Waals surface area contributed by atoms with Crippen molar-refractivity contribution in [2.45, 2.75) is 71.3 Å². The predicted octanol–water partition coefficient (Wildman–Crippen LogP) is 3.96. The Hall–Kier alpha value is -0.830. The van der Waals surface area contributed by atoms with E-state index in [9.17, 15) is 0 Å². The van der Waals surface area contributed by atoms with Crippen LogP contribution in [0.3, 0.4) is 0 Å². The van der Waals surface area contributed by atoms with E-state index in [1.807, 2.05) is 0 Å². The van der Waals surface area contributed by atoms with Gasteiger partial charge in [-0.25, -0.2) is 0 Å². The van der Waals surface area contributed by atoms with Gasteiger partial charge >= 0.3 is 0 Å². The van der Waals surface area contributed by atoms with Crippen molar-refractivity contribution in [2.75, 3.05) is 13.1 Å². The SMILES string of the molecule is CCCNCC(C)CCc1ccn(C2CCCCC2)n1. The zero-order valence-electron chi connectivity index (χ0n) is 13.3. The van der Waals surface area contributed by atoms with Crippen LogP contribution < -0.4 is 5.32 Å². The average Bonchev–Trinajstić information content (AvgIpc) is 2.95. The first-order valence-corrected chi connectivity index (χ1v) is 8.54. The van der Waals surface area contributed by atoms with Crippen LogP contribution in [0.4, 0.5) is 0 Å². The van der Waals surface area contributed by atoms with E-state index < -0.39 is 0 Å². The molecule has 1 aliphatic rings. The van der Waals surface area contributed by atoms with E-state index >= 15 is 0 Å². The molecule has 1 unspecified atom stereocenters. The van der Waals surface area contributed by atoms with Crippen molar-refractivity contribution >= 4 is 0 Å².